The molecule has 17 heavy (non-hydrogen) atoms. The van der Waals surface area contributed by atoms with Crippen molar-refractivity contribution in [3.63, 3.8) is 0 Å². The molecule has 1 unspecified atom stereocenters. The highest BCUT2D eigenvalue weighted by Crippen LogP contribution is 2.32. The summed E-state index contributed by atoms with van der Waals surface area (Å²) >= 11 is 0. The Hall–Kier alpha value is -0.810. The highest BCUT2D eigenvalue weighted by atomic mass is 19.4. The molecule has 2 aliphatic rings. The van der Waals surface area contributed by atoms with E-state index in [1.165, 1.54) is 12.2 Å². The van der Waals surface area contributed by atoms with E-state index < -0.39 is 11.7 Å². The predicted octanol–water partition coefficient (Wildman–Crippen LogP) is 2.43. The van der Waals surface area contributed by atoms with Crippen LogP contribution in [0.2, 0.25) is 0 Å². The Labute approximate surface area is 98.5 Å². The number of hydrogen-bond acceptors (Lipinski definition) is 2. The van der Waals surface area contributed by atoms with Gasteiger partial charge < -0.3 is 10.1 Å². The molecule has 1 saturated heterocycles. The van der Waals surface area contributed by atoms with Gasteiger partial charge in [0.15, 0.2) is 0 Å². The van der Waals surface area contributed by atoms with Gasteiger partial charge in [-0.1, -0.05) is 18.2 Å². The molecule has 0 radical (unpaired) electrons. The van der Waals surface area contributed by atoms with E-state index in [0.29, 0.717) is 19.6 Å². The second-order valence-corrected chi connectivity index (χ2v) is 4.63. The Morgan fingerprint density at radius 3 is 2.65 bits per heavy atom. The lowest BCUT2D eigenvalue weighted by Gasteiger charge is -2.34. The number of halogens is 3. The lowest BCUT2D eigenvalue weighted by Crippen LogP contribution is -2.50. The van der Waals surface area contributed by atoms with E-state index in [0.717, 1.165) is 0 Å². The Bertz CT molecular complexity index is 335. The smallest absolute Gasteiger partial charge is 0.378 e. The normalized spacial score (nSPS) is 34.6. The molecule has 0 saturated carbocycles. The summed E-state index contributed by atoms with van der Waals surface area (Å²) in [6.45, 7) is 3.24. The first-order chi connectivity index (χ1) is 7.97. The summed E-state index contributed by atoms with van der Waals surface area (Å²) in [6.07, 6.45) is 0.271. The summed E-state index contributed by atoms with van der Waals surface area (Å²) in [6, 6.07) is 0.371. The van der Waals surface area contributed by atoms with Gasteiger partial charge in [-0.15, -0.1) is 0 Å². The number of allylic oxidation sites excluding steroid dienone is 3. The van der Waals surface area contributed by atoms with Crippen molar-refractivity contribution in [2.45, 2.75) is 31.6 Å². The zero-order valence-electron chi connectivity index (χ0n) is 9.63. The first-order valence-electron chi connectivity index (χ1n) is 5.76. The van der Waals surface area contributed by atoms with Crippen LogP contribution in [0.25, 0.3) is 0 Å². The minimum absolute atomic E-state index is 0.0869. The van der Waals surface area contributed by atoms with E-state index in [-0.39, 0.29) is 18.0 Å². The van der Waals surface area contributed by atoms with E-state index in [4.69, 9.17) is 4.74 Å². The van der Waals surface area contributed by atoms with Gasteiger partial charge in [-0.25, -0.2) is 0 Å². The summed E-state index contributed by atoms with van der Waals surface area (Å²) in [5.41, 5.74) is -0.543. The van der Waals surface area contributed by atoms with Gasteiger partial charge in [0.05, 0.1) is 18.8 Å². The third-order valence-electron chi connectivity index (χ3n) is 3.14. The minimum atomic E-state index is -4.23. The van der Waals surface area contributed by atoms with Crippen molar-refractivity contribution in [3.05, 3.63) is 23.8 Å². The summed E-state index contributed by atoms with van der Waals surface area (Å²) in [5, 5.41) is 3.35. The van der Waals surface area contributed by atoms with E-state index in [9.17, 15) is 13.2 Å². The van der Waals surface area contributed by atoms with E-state index in [1.807, 2.05) is 6.92 Å². The number of nitrogens with one attached hydrogen (secondary N) is 1. The average Bonchev–Trinajstić information content (AvgIpc) is 2.28. The van der Waals surface area contributed by atoms with Crippen LogP contribution in [-0.4, -0.2) is 31.5 Å². The van der Waals surface area contributed by atoms with Crippen molar-refractivity contribution in [1.29, 1.82) is 0 Å². The number of alkyl halides is 3. The van der Waals surface area contributed by atoms with Gasteiger partial charge in [-0.3, -0.25) is 0 Å². The van der Waals surface area contributed by atoms with Crippen LogP contribution in [0, 0.1) is 5.92 Å². The second-order valence-electron chi connectivity index (χ2n) is 4.63. The van der Waals surface area contributed by atoms with E-state index in [1.54, 1.807) is 6.08 Å². The predicted molar refractivity (Wildman–Crippen MR) is 58.6 cm³/mol. The molecule has 1 fully saturated rings. The minimum Gasteiger partial charge on any atom is -0.378 e. The number of rotatable bonds is 1. The Kier molecular flexibility index (Phi) is 3.58. The maximum atomic E-state index is 12.4. The van der Waals surface area contributed by atoms with Gasteiger partial charge in [0.25, 0.3) is 0 Å². The molecule has 0 amide bonds. The maximum absolute atomic E-state index is 12.4. The summed E-state index contributed by atoms with van der Waals surface area (Å²) in [4.78, 5) is 0. The molecular formula is C12H16F3NO. The molecule has 96 valence electrons. The molecule has 1 aliphatic carbocycles. The van der Waals surface area contributed by atoms with Gasteiger partial charge in [0.2, 0.25) is 0 Å². The molecule has 1 N–H and O–H groups in total. The quantitative estimate of drug-likeness (QED) is 0.768. The van der Waals surface area contributed by atoms with Crippen molar-refractivity contribution >= 4 is 0 Å². The van der Waals surface area contributed by atoms with Crippen LogP contribution in [0.1, 0.15) is 13.3 Å². The number of ether oxygens (including phenoxy) is 1. The van der Waals surface area contributed by atoms with Crippen LogP contribution in [0.5, 0.6) is 0 Å². The molecule has 1 heterocycles. The van der Waals surface area contributed by atoms with Gasteiger partial charge in [-0.2, -0.15) is 13.2 Å². The molecule has 5 heteroatoms. The molecule has 0 aromatic heterocycles. The van der Waals surface area contributed by atoms with Crippen LogP contribution in [-0.2, 0) is 4.74 Å². The highest BCUT2D eigenvalue weighted by molar-refractivity contribution is 5.28. The highest BCUT2D eigenvalue weighted by Gasteiger charge is 2.34. The first-order valence-corrected chi connectivity index (χ1v) is 5.76. The van der Waals surface area contributed by atoms with Gasteiger partial charge >= 0.3 is 6.18 Å². The Morgan fingerprint density at radius 2 is 2.12 bits per heavy atom. The van der Waals surface area contributed by atoms with E-state index >= 15 is 0 Å². The van der Waals surface area contributed by atoms with Crippen molar-refractivity contribution < 1.29 is 17.9 Å². The third kappa shape index (κ3) is 3.10. The standard InChI is InChI=1S/C12H16F3NO/c1-8-6-17-7-11(16-8)9-2-4-10(5-3-9)12(13,14)15/h2,4-5,8-9,11,16H,3,6-7H2,1H3/t8-,9?,11-/m0/s1. The molecule has 0 spiro atoms. The lowest BCUT2D eigenvalue weighted by molar-refractivity contribution is -0.0888. The zero-order valence-corrected chi connectivity index (χ0v) is 9.63. The first kappa shape index (κ1) is 12.6. The van der Waals surface area contributed by atoms with Gasteiger partial charge in [0, 0.05) is 12.1 Å². The Balaban J connectivity index is 1.95. The summed E-state index contributed by atoms with van der Waals surface area (Å²) in [7, 11) is 0. The fourth-order valence-electron chi connectivity index (χ4n) is 2.23. The van der Waals surface area contributed by atoms with Crippen molar-refractivity contribution in [2.24, 2.45) is 5.92 Å². The zero-order chi connectivity index (χ0) is 12.5. The summed E-state index contributed by atoms with van der Waals surface area (Å²) in [5.74, 6) is 0.0869. The topological polar surface area (TPSA) is 21.3 Å². The maximum Gasteiger partial charge on any atom is 0.416 e. The fraction of sp³-hybridized carbons (Fsp3) is 0.667. The molecule has 0 aromatic rings. The molecule has 2 rings (SSSR count). The van der Waals surface area contributed by atoms with Gasteiger partial charge in [0.1, 0.15) is 0 Å². The summed E-state index contributed by atoms with van der Waals surface area (Å²) < 4.78 is 42.6. The van der Waals surface area contributed by atoms with Crippen molar-refractivity contribution in [2.75, 3.05) is 13.2 Å². The fourth-order valence-corrected chi connectivity index (χ4v) is 2.23. The number of hydrogen-bond donors (Lipinski definition) is 1. The van der Waals surface area contributed by atoms with Crippen LogP contribution >= 0.6 is 0 Å². The largest absolute Gasteiger partial charge is 0.416 e. The monoisotopic (exact) mass is 247 g/mol. The van der Waals surface area contributed by atoms with Crippen LogP contribution in [0.15, 0.2) is 23.8 Å². The molecule has 0 bridgehead atoms. The van der Waals surface area contributed by atoms with Crippen molar-refractivity contribution in [1.82, 2.24) is 5.32 Å². The average molecular weight is 247 g/mol. The molecular weight excluding hydrogens is 231 g/mol. The third-order valence-corrected chi connectivity index (χ3v) is 3.14. The molecule has 3 atom stereocenters. The van der Waals surface area contributed by atoms with Crippen LogP contribution in [0.3, 0.4) is 0 Å². The Morgan fingerprint density at radius 1 is 1.35 bits per heavy atom. The molecule has 0 aromatic carbocycles. The number of morpholine rings is 1. The van der Waals surface area contributed by atoms with E-state index in [2.05, 4.69) is 5.32 Å². The second kappa shape index (κ2) is 4.82. The van der Waals surface area contributed by atoms with Crippen molar-refractivity contribution in [3.8, 4) is 0 Å². The molecule has 2 nitrogen and oxygen atoms in total. The SMILES string of the molecule is C[C@H]1COC[C@@H](C2C=CC(C(F)(F)F)=CC2)N1. The molecule has 1 aliphatic heterocycles. The van der Waals surface area contributed by atoms with Crippen LogP contribution in [0.4, 0.5) is 13.2 Å². The van der Waals surface area contributed by atoms with Crippen LogP contribution < -0.4 is 5.32 Å². The lowest BCUT2D eigenvalue weighted by atomic mass is 9.89. The van der Waals surface area contributed by atoms with Gasteiger partial charge in [-0.05, 0) is 19.3 Å².